The molecule has 0 rings (SSSR count). The third-order valence-electron chi connectivity index (χ3n) is 5.39. The van der Waals surface area contributed by atoms with Crippen LogP contribution in [0.2, 0.25) is 0 Å². The van der Waals surface area contributed by atoms with Gasteiger partial charge in [-0.1, -0.05) is 0 Å². The molecule has 0 saturated carbocycles. The normalized spacial score (nSPS) is 13.7. The van der Waals surface area contributed by atoms with Crippen LogP contribution in [0.4, 0.5) is 0 Å². The fraction of sp³-hybridized carbons (Fsp3) is 1.00. The predicted molar refractivity (Wildman–Crippen MR) is 127 cm³/mol. The molecule has 0 aromatic carbocycles. The molecular weight excluding hydrogens is 478 g/mol. The Morgan fingerprint density at radius 2 is 0.679 bits per heavy atom. The molecule has 28 heavy (non-hydrogen) atoms. The van der Waals surface area contributed by atoms with E-state index in [1.165, 1.54) is 116 Å². The van der Waals surface area contributed by atoms with E-state index in [1.807, 2.05) is 0 Å². The summed E-state index contributed by atoms with van der Waals surface area (Å²) in [5, 5.41) is 20.1. The molecule has 0 fully saturated rings. The summed E-state index contributed by atoms with van der Waals surface area (Å²) in [7, 11) is 0. The molecule has 0 aromatic heterocycles. The van der Waals surface area contributed by atoms with E-state index in [9.17, 15) is 10.2 Å². The number of hydrogen-bond acceptors (Lipinski definition) is 2. The molecule has 2 nitrogen and oxygen atoms in total. The SMILES string of the molecule is CCCCCCCCCCCC(O)[Se][Se]C(O)CCCCCCCCCCC. The van der Waals surface area contributed by atoms with Crippen molar-refractivity contribution in [3.63, 3.8) is 0 Å². The molecule has 2 N–H and O–H groups in total. The molecule has 4 heteroatoms. The molecule has 0 aromatic rings. The van der Waals surface area contributed by atoms with Gasteiger partial charge in [-0.05, 0) is 0 Å². The van der Waals surface area contributed by atoms with Crippen molar-refractivity contribution in [2.45, 2.75) is 152 Å². The minimum absolute atomic E-state index is 0.116. The molecule has 2 unspecified atom stereocenters. The monoisotopic (exact) mass is 530 g/mol. The average Bonchev–Trinajstić information content (AvgIpc) is 2.69. The Kier molecular flexibility index (Phi) is 25.1. The van der Waals surface area contributed by atoms with Gasteiger partial charge < -0.3 is 0 Å². The fourth-order valence-electron chi connectivity index (χ4n) is 3.48. The number of aliphatic hydroxyl groups excluding tert-OH is 2. The topological polar surface area (TPSA) is 40.5 Å². The van der Waals surface area contributed by atoms with Gasteiger partial charge in [0.25, 0.3) is 0 Å². The van der Waals surface area contributed by atoms with Gasteiger partial charge in [0, 0.05) is 0 Å². The first-order valence-corrected chi connectivity index (χ1v) is 18.7. The molecule has 0 spiro atoms. The van der Waals surface area contributed by atoms with Crippen LogP contribution in [0.5, 0.6) is 0 Å². The summed E-state index contributed by atoms with van der Waals surface area (Å²) >= 11 is 0.512. The minimum atomic E-state index is -0.116. The van der Waals surface area contributed by atoms with Gasteiger partial charge in [-0.3, -0.25) is 0 Å². The zero-order valence-corrected chi connectivity index (χ0v) is 22.4. The molecule has 0 bridgehead atoms. The number of unbranched alkanes of at least 4 members (excludes halogenated alkanes) is 16. The molecule has 2 atom stereocenters. The van der Waals surface area contributed by atoms with Gasteiger partial charge in [-0.2, -0.15) is 0 Å². The van der Waals surface area contributed by atoms with E-state index in [0.29, 0.717) is 0 Å². The van der Waals surface area contributed by atoms with Crippen LogP contribution in [-0.2, 0) is 0 Å². The van der Waals surface area contributed by atoms with Crippen molar-refractivity contribution in [3.05, 3.63) is 0 Å². The Morgan fingerprint density at radius 1 is 0.429 bits per heavy atom. The first kappa shape index (κ1) is 29.0. The number of aliphatic hydroxyl groups is 2. The van der Waals surface area contributed by atoms with Crippen LogP contribution in [0.25, 0.3) is 0 Å². The Balaban J connectivity index is 3.29. The Labute approximate surface area is 188 Å². The van der Waals surface area contributed by atoms with E-state index >= 15 is 0 Å². The summed E-state index contributed by atoms with van der Waals surface area (Å²) in [5.74, 6) is 0. The summed E-state index contributed by atoms with van der Waals surface area (Å²) in [4.78, 5) is 0. The van der Waals surface area contributed by atoms with Gasteiger partial charge in [0.2, 0.25) is 0 Å². The third kappa shape index (κ3) is 23.2. The summed E-state index contributed by atoms with van der Waals surface area (Å²) in [6.07, 6.45) is 26.0. The summed E-state index contributed by atoms with van der Waals surface area (Å²) in [6.45, 7) is 4.54. The van der Waals surface area contributed by atoms with Gasteiger partial charge in [0.1, 0.15) is 0 Å². The second kappa shape index (κ2) is 24.2. The van der Waals surface area contributed by atoms with E-state index in [1.54, 1.807) is 0 Å². The maximum absolute atomic E-state index is 10.2. The Bertz CT molecular complexity index is 262. The van der Waals surface area contributed by atoms with Gasteiger partial charge in [0.05, 0.1) is 0 Å². The molecule has 0 saturated heterocycles. The van der Waals surface area contributed by atoms with Crippen molar-refractivity contribution in [3.8, 4) is 0 Å². The number of hydrogen-bond donors (Lipinski definition) is 2. The van der Waals surface area contributed by atoms with Gasteiger partial charge in [-0.15, -0.1) is 0 Å². The van der Waals surface area contributed by atoms with Crippen LogP contribution in [-0.4, -0.2) is 46.5 Å². The fourth-order valence-corrected chi connectivity index (χ4v) is 10.0. The zero-order valence-electron chi connectivity index (χ0n) is 19.0. The van der Waals surface area contributed by atoms with Crippen molar-refractivity contribution < 1.29 is 10.2 Å². The molecule has 170 valence electrons. The molecule has 0 aliphatic heterocycles. The first-order valence-electron chi connectivity index (χ1n) is 12.4. The van der Waals surface area contributed by atoms with Crippen molar-refractivity contribution >= 4 is 26.3 Å². The van der Waals surface area contributed by atoms with Gasteiger partial charge in [-0.25, -0.2) is 0 Å². The maximum atomic E-state index is 10.2. The van der Waals surface area contributed by atoms with E-state index in [0.717, 1.165) is 12.8 Å². The average molecular weight is 529 g/mol. The van der Waals surface area contributed by atoms with Crippen LogP contribution in [0.15, 0.2) is 0 Å². The first-order chi connectivity index (χ1) is 13.7. The quantitative estimate of drug-likeness (QED) is 0.113. The predicted octanol–water partition coefficient (Wildman–Crippen LogP) is 6.79. The van der Waals surface area contributed by atoms with Gasteiger partial charge in [0.15, 0.2) is 0 Å². The van der Waals surface area contributed by atoms with Crippen LogP contribution in [0.1, 0.15) is 142 Å². The Morgan fingerprint density at radius 3 is 0.964 bits per heavy atom. The third-order valence-corrected chi connectivity index (χ3v) is 13.6. The van der Waals surface area contributed by atoms with E-state index in [-0.39, 0.29) is 36.3 Å². The molecule has 0 aliphatic carbocycles. The Hall–Kier alpha value is 0.959. The summed E-state index contributed by atoms with van der Waals surface area (Å²) in [6, 6.07) is 0. The summed E-state index contributed by atoms with van der Waals surface area (Å²) in [5.41, 5.74) is 0. The van der Waals surface area contributed by atoms with Crippen molar-refractivity contribution in [2.75, 3.05) is 0 Å². The zero-order chi connectivity index (χ0) is 20.7. The molecule has 0 radical (unpaired) electrons. The van der Waals surface area contributed by atoms with E-state index in [2.05, 4.69) is 13.8 Å². The van der Waals surface area contributed by atoms with Crippen molar-refractivity contribution in [1.82, 2.24) is 0 Å². The molecule has 0 heterocycles. The second-order valence-corrected chi connectivity index (χ2v) is 15.6. The van der Waals surface area contributed by atoms with E-state index in [4.69, 9.17) is 0 Å². The number of rotatable bonds is 23. The van der Waals surface area contributed by atoms with Crippen LogP contribution in [0, 0.1) is 0 Å². The molecule has 0 amide bonds. The molecule has 0 aliphatic rings. The van der Waals surface area contributed by atoms with E-state index < -0.39 is 0 Å². The van der Waals surface area contributed by atoms with Gasteiger partial charge >= 0.3 is 189 Å². The summed E-state index contributed by atoms with van der Waals surface area (Å²) < 4.78 is 0. The standard InChI is InChI=1S/C24H50O2Se2/c1-3-5-7-9-11-13-15-17-19-21-23(25)27-28-24(26)22-20-18-16-14-12-10-8-6-4-2/h23-26H,3-22H2,1-2H3. The second-order valence-electron chi connectivity index (χ2n) is 8.34. The van der Waals surface area contributed by atoms with Crippen LogP contribution in [0.3, 0.4) is 0 Å². The van der Waals surface area contributed by atoms with Crippen LogP contribution < -0.4 is 0 Å². The molecular formula is C24H50O2Se2. The van der Waals surface area contributed by atoms with Crippen molar-refractivity contribution in [2.24, 2.45) is 0 Å². The van der Waals surface area contributed by atoms with Crippen molar-refractivity contribution in [1.29, 1.82) is 0 Å². The van der Waals surface area contributed by atoms with Crippen LogP contribution >= 0.6 is 0 Å².